The monoisotopic (exact) mass is 173 g/mol. The maximum Gasteiger partial charge on any atom is 0.0640 e. The molecule has 0 atom stereocenters. The standard InChI is InChI=1S/C9H19NS/c1-3-5-7-10(9-11)8-6-4-2/h9H,3-8H2,1-2H3. The summed E-state index contributed by atoms with van der Waals surface area (Å²) in [7, 11) is 0. The lowest BCUT2D eigenvalue weighted by atomic mass is 10.3. The van der Waals surface area contributed by atoms with Crippen LogP contribution in [0.5, 0.6) is 0 Å². The fraction of sp³-hybridized carbons (Fsp3) is 0.889. The molecule has 0 radical (unpaired) electrons. The Morgan fingerprint density at radius 2 is 1.55 bits per heavy atom. The number of rotatable bonds is 7. The SMILES string of the molecule is CCCCN(C=S)CCCC. The molecule has 0 unspecified atom stereocenters. The molecule has 0 bridgehead atoms. The second kappa shape index (κ2) is 7.99. The second-order valence-electron chi connectivity index (χ2n) is 2.85. The number of thiocarbonyl (C=S) groups is 1. The highest BCUT2D eigenvalue weighted by Gasteiger charge is 1.95. The molecule has 0 aromatic rings. The summed E-state index contributed by atoms with van der Waals surface area (Å²) in [5, 5.41) is 0. The van der Waals surface area contributed by atoms with Crippen molar-refractivity contribution < 1.29 is 0 Å². The minimum Gasteiger partial charge on any atom is -0.369 e. The third-order valence-electron chi connectivity index (χ3n) is 1.75. The number of unbranched alkanes of at least 4 members (excludes halogenated alkanes) is 2. The first kappa shape index (κ1) is 10.9. The smallest absolute Gasteiger partial charge is 0.0640 e. The third-order valence-corrected chi connectivity index (χ3v) is 2.04. The topological polar surface area (TPSA) is 3.24 Å². The summed E-state index contributed by atoms with van der Waals surface area (Å²) in [6, 6.07) is 0. The van der Waals surface area contributed by atoms with Crippen molar-refractivity contribution in [2.24, 2.45) is 0 Å². The van der Waals surface area contributed by atoms with Crippen LogP contribution < -0.4 is 0 Å². The first-order chi connectivity index (χ1) is 5.35. The maximum absolute atomic E-state index is 4.90. The van der Waals surface area contributed by atoms with E-state index in [0.29, 0.717) is 0 Å². The highest BCUT2D eigenvalue weighted by atomic mass is 32.1. The summed E-state index contributed by atoms with van der Waals surface area (Å²) in [6.45, 7) is 6.70. The van der Waals surface area contributed by atoms with Crippen molar-refractivity contribution in [1.29, 1.82) is 0 Å². The first-order valence-electron chi connectivity index (χ1n) is 4.54. The molecule has 1 nitrogen and oxygen atoms in total. The second-order valence-corrected chi connectivity index (χ2v) is 3.06. The molecule has 0 aliphatic heterocycles. The van der Waals surface area contributed by atoms with Gasteiger partial charge in [-0.15, -0.1) is 0 Å². The van der Waals surface area contributed by atoms with Crippen LogP contribution in [-0.4, -0.2) is 23.5 Å². The van der Waals surface area contributed by atoms with E-state index in [9.17, 15) is 0 Å². The van der Waals surface area contributed by atoms with E-state index in [2.05, 4.69) is 18.7 Å². The lowest BCUT2D eigenvalue weighted by Crippen LogP contribution is -2.23. The van der Waals surface area contributed by atoms with Crippen molar-refractivity contribution in [2.45, 2.75) is 39.5 Å². The van der Waals surface area contributed by atoms with Crippen LogP contribution in [0.25, 0.3) is 0 Å². The molecular weight excluding hydrogens is 154 g/mol. The van der Waals surface area contributed by atoms with Gasteiger partial charge in [-0.25, -0.2) is 0 Å². The Morgan fingerprint density at radius 1 is 1.09 bits per heavy atom. The Balaban J connectivity index is 3.33. The lowest BCUT2D eigenvalue weighted by Gasteiger charge is -2.17. The van der Waals surface area contributed by atoms with Crippen molar-refractivity contribution in [3.05, 3.63) is 0 Å². The molecule has 0 fully saturated rings. The molecule has 0 aromatic carbocycles. The van der Waals surface area contributed by atoms with Crippen molar-refractivity contribution in [3.8, 4) is 0 Å². The van der Waals surface area contributed by atoms with Crippen molar-refractivity contribution in [1.82, 2.24) is 4.90 Å². The van der Waals surface area contributed by atoms with Crippen LogP contribution in [0.1, 0.15) is 39.5 Å². The van der Waals surface area contributed by atoms with Gasteiger partial charge >= 0.3 is 0 Å². The summed E-state index contributed by atoms with van der Waals surface area (Å²) < 4.78 is 0. The zero-order chi connectivity index (χ0) is 8.53. The Kier molecular flexibility index (Phi) is 7.91. The van der Waals surface area contributed by atoms with Gasteiger partial charge in [0.25, 0.3) is 0 Å². The van der Waals surface area contributed by atoms with E-state index >= 15 is 0 Å². The lowest BCUT2D eigenvalue weighted by molar-refractivity contribution is 0.414. The Bertz CT molecular complexity index is 85.6. The normalized spacial score (nSPS) is 9.64. The number of hydrogen-bond acceptors (Lipinski definition) is 1. The molecule has 0 saturated carbocycles. The van der Waals surface area contributed by atoms with E-state index in [1.54, 1.807) is 5.49 Å². The van der Waals surface area contributed by atoms with E-state index in [-0.39, 0.29) is 0 Å². The van der Waals surface area contributed by atoms with E-state index < -0.39 is 0 Å². The van der Waals surface area contributed by atoms with Crippen molar-refractivity contribution in [3.63, 3.8) is 0 Å². The predicted octanol–water partition coefficient (Wildman–Crippen LogP) is 2.85. The summed E-state index contributed by atoms with van der Waals surface area (Å²) in [5.41, 5.74) is 1.80. The first-order valence-corrected chi connectivity index (χ1v) is 5.01. The highest BCUT2D eigenvalue weighted by molar-refractivity contribution is 7.78. The van der Waals surface area contributed by atoms with Crippen LogP contribution in [0.3, 0.4) is 0 Å². The highest BCUT2D eigenvalue weighted by Crippen LogP contribution is 1.96. The molecular formula is C9H19NS. The number of nitrogens with zero attached hydrogens (tertiary/aromatic N) is 1. The Morgan fingerprint density at radius 3 is 1.82 bits per heavy atom. The molecule has 0 aliphatic rings. The molecule has 0 heterocycles. The molecule has 0 N–H and O–H groups in total. The van der Waals surface area contributed by atoms with E-state index in [0.717, 1.165) is 13.1 Å². The maximum atomic E-state index is 4.90. The molecule has 0 amide bonds. The van der Waals surface area contributed by atoms with Crippen LogP contribution in [0.4, 0.5) is 0 Å². The van der Waals surface area contributed by atoms with E-state index in [1.165, 1.54) is 25.7 Å². The van der Waals surface area contributed by atoms with Crippen LogP contribution in [0.2, 0.25) is 0 Å². The van der Waals surface area contributed by atoms with Gasteiger partial charge in [-0.1, -0.05) is 38.9 Å². The molecule has 0 saturated heterocycles. The zero-order valence-corrected chi connectivity index (χ0v) is 8.49. The molecule has 2 heteroatoms. The Labute approximate surface area is 75.8 Å². The average Bonchev–Trinajstić information content (AvgIpc) is 2.05. The van der Waals surface area contributed by atoms with Crippen molar-refractivity contribution >= 4 is 17.7 Å². The molecule has 0 aromatic heterocycles. The van der Waals surface area contributed by atoms with Crippen LogP contribution in [0, 0.1) is 0 Å². The van der Waals surface area contributed by atoms with Gasteiger partial charge in [0.15, 0.2) is 0 Å². The molecule has 0 spiro atoms. The molecule has 0 rings (SSSR count). The average molecular weight is 173 g/mol. The summed E-state index contributed by atoms with van der Waals surface area (Å²) in [6.07, 6.45) is 5.03. The van der Waals surface area contributed by atoms with Gasteiger partial charge in [-0.3, -0.25) is 0 Å². The van der Waals surface area contributed by atoms with Crippen molar-refractivity contribution in [2.75, 3.05) is 13.1 Å². The van der Waals surface area contributed by atoms with Gasteiger partial charge in [0.2, 0.25) is 0 Å². The Hall–Kier alpha value is -0.110. The summed E-state index contributed by atoms with van der Waals surface area (Å²) in [4.78, 5) is 2.24. The van der Waals surface area contributed by atoms with E-state index in [1.807, 2.05) is 0 Å². The van der Waals surface area contributed by atoms with Gasteiger partial charge < -0.3 is 4.90 Å². The largest absolute Gasteiger partial charge is 0.369 e. The third kappa shape index (κ3) is 6.29. The minimum atomic E-state index is 1.14. The summed E-state index contributed by atoms with van der Waals surface area (Å²) in [5.74, 6) is 0. The zero-order valence-electron chi connectivity index (χ0n) is 7.68. The van der Waals surface area contributed by atoms with Crippen LogP contribution in [-0.2, 0) is 0 Å². The molecule has 0 aliphatic carbocycles. The fourth-order valence-corrected chi connectivity index (χ4v) is 1.15. The fourth-order valence-electron chi connectivity index (χ4n) is 0.940. The van der Waals surface area contributed by atoms with E-state index in [4.69, 9.17) is 12.2 Å². The minimum absolute atomic E-state index is 1.14. The summed E-state index contributed by atoms with van der Waals surface area (Å²) >= 11 is 4.90. The van der Waals surface area contributed by atoms with Gasteiger partial charge in [0.1, 0.15) is 0 Å². The number of hydrogen-bond donors (Lipinski definition) is 0. The molecule has 66 valence electrons. The van der Waals surface area contributed by atoms with Crippen LogP contribution >= 0.6 is 12.2 Å². The van der Waals surface area contributed by atoms with Gasteiger partial charge in [-0.05, 0) is 12.8 Å². The van der Waals surface area contributed by atoms with Crippen LogP contribution in [0.15, 0.2) is 0 Å². The van der Waals surface area contributed by atoms with Gasteiger partial charge in [0.05, 0.1) is 5.49 Å². The van der Waals surface area contributed by atoms with Gasteiger partial charge in [0, 0.05) is 13.1 Å². The predicted molar refractivity (Wildman–Crippen MR) is 55.0 cm³/mol. The van der Waals surface area contributed by atoms with Gasteiger partial charge in [-0.2, -0.15) is 0 Å². The molecule has 11 heavy (non-hydrogen) atoms. The quantitative estimate of drug-likeness (QED) is 0.545.